The Balaban J connectivity index is 1.78. The second-order valence-corrected chi connectivity index (χ2v) is 7.66. The molecule has 34 heavy (non-hydrogen) atoms. The Morgan fingerprint density at radius 3 is 2.47 bits per heavy atom. The van der Waals surface area contributed by atoms with E-state index in [1.54, 1.807) is 18.2 Å². The summed E-state index contributed by atoms with van der Waals surface area (Å²) in [6, 6.07) is 20.0. The van der Waals surface area contributed by atoms with Crippen LogP contribution in [0.2, 0.25) is 0 Å². The number of aromatic nitrogens is 3. The molecule has 2 heterocycles. The fraction of sp³-hybridized carbons (Fsp3) is 0.160. The van der Waals surface area contributed by atoms with Gasteiger partial charge in [0.1, 0.15) is 5.82 Å². The molecule has 0 radical (unpaired) electrons. The van der Waals surface area contributed by atoms with E-state index >= 15 is 0 Å². The van der Waals surface area contributed by atoms with Gasteiger partial charge >= 0.3 is 5.69 Å². The van der Waals surface area contributed by atoms with E-state index in [1.165, 1.54) is 16.6 Å². The number of nitrogens with two attached hydrogens (primary N) is 1. The molecule has 4 rings (SSSR count). The van der Waals surface area contributed by atoms with Crippen molar-refractivity contribution in [2.45, 2.75) is 6.54 Å². The molecule has 2 aromatic carbocycles. The second-order valence-electron chi connectivity index (χ2n) is 7.66. The summed E-state index contributed by atoms with van der Waals surface area (Å²) in [5.74, 6) is -0.531. The van der Waals surface area contributed by atoms with Crippen molar-refractivity contribution in [2.75, 3.05) is 30.9 Å². The van der Waals surface area contributed by atoms with Crippen LogP contribution in [-0.2, 0) is 11.3 Å². The molecule has 0 fully saturated rings. The second kappa shape index (κ2) is 10.1. The highest BCUT2D eigenvalue weighted by Gasteiger charge is 2.25. The first-order valence-electron chi connectivity index (χ1n) is 10.7. The van der Waals surface area contributed by atoms with Gasteiger partial charge in [-0.1, -0.05) is 36.4 Å². The van der Waals surface area contributed by atoms with Crippen molar-refractivity contribution in [1.29, 1.82) is 0 Å². The highest BCUT2D eigenvalue weighted by atomic mass is 16.5. The number of ether oxygens (including phenoxy) is 1. The van der Waals surface area contributed by atoms with E-state index in [0.29, 0.717) is 5.56 Å². The van der Waals surface area contributed by atoms with Crippen LogP contribution in [0.1, 0.15) is 15.9 Å². The van der Waals surface area contributed by atoms with E-state index in [4.69, 9.17) is 10.5 Å². The molecule has 0 bridgehead atoms. The number of amides is 1. The molecular weight excluding hydrogens is 434 g/mol. The predicted octanol–water partition coefficient (Wildman–Crippen LogP) is 2.25. The lowest BCUT2D eigenvalue weighted by molar-refractivity contribution is 0.0975. The number of benzene rings is 2. The van der Waals surface area contributed by atoms with Gasteiger partial charge in [-0.25, -0.2) is 4.79 Å². The van der Waals surface area contributed by atoms with Crippen LogP contribution in [0.15, 0.2) is 88.7 Å². The van der Waals surface area contributed by atoms with Crippen molar-refractivity contribution in [3.05, 3.63) is 111 Å². The largest absolute Gasteiger partial charge is 0.383 e. The molecule has 0 atom stereocenters. The van der Waals surface area contributed by atoms with Crippen molar-refractivity contribution in [3.8, 4) is 5.69 Å². The molecule has 0 aliphatic rings. The third kappa shape index (κ3) is 4.69. The molecule has 1 amide bonds. The van der Waals surface area contributed by atoms with E-state index in [1.807, 2.05) is 65.5 Å². The van der Waals surface area contributed by atoms with Gasteiger partial charge in [-0.05, 0) is 35.9 Å². The third-order valence-electron chi connectivity index (χ3n) is 5.43. The Labute approximate surface area is 195 Å². The zero-order valence-electron chi connectivity index (χ0n) is 18.7. The van der Waals surface area contributed by atoms with Crippen molar-refractivity contribution in [3.63, 3.8) is 0 Å². The Morgan fingerprint density at radius 2 is 1.76 bits per heavy atom. The van der Waals surface area contributed by atoms with Crippen molar-refractivity contribution in [2.24, 2.45) is 0 Å². The minimum Gasteiger partial charge on any atom is -0.383 e. The standard InChI is InChI=1S/C25H25N5O4/c1-34-15-14-29(24(32)19-10-7-11-20(16-19)28-12-5-6-13-28)21-22(26)30(25(33)27-23(21)31)17-18-8-3-2-4-9-18/h2-13,16H,14-15,17,26H2,1H3,(H,27,31,33). The third-order valence-corrected chi connectivity index (χ3v) is 5.43. The summed E-state index contributed by atoms with van der Waals surface area (Å²) in [7, 11) is 1.50. The van der Waals surface area contributed by atoms with Gasteiger partial charge in [0, 0.05) is 37.3 Å². The lowest BCUT2D eigenvalue weighted by Gasteiger charge is -2.24. The van der Waals surface area contributed by atoms with Gasteiger partial charge < -0.3 is 15.0 Å². The highest BCUT2D eigenvalue weighted by Crippen LogP contribution is 2.21. The Bertz CT molecular complexity index is 1390. The van der Waals surface area contributed by atoms with Gasteiger partial charge in [0.2, 0.25) is 0 Å². The number of methoxy groups -OCH3 is 1. The number of nitrogens with one attached hydrogen (secondary N) is 1. The molecule has 0 unspecified atom stereocenters. The van der Waals surface area contributed by atoms with Crippen molar-refractivity contribution >= 4 is 17.4 Å². The number of aromatic amines is 1. The smallest absolute Gasteiger partial charge is 0.330 e. The molecule has 174 valence electrons. The van der Waals surface area contributed by atoms with Crippen LogP contribution in [0.3, 0.4) is 0 Å². The van der Waals surface area contributed by atoms with Gasteiger partial charge in [-0.15, -0.1) is 0 Å². The van der Waals surface area contributed by atoms with E-state index in [0.717, 1.165) is 11.3 Å². The number of nitrogen functional groups attached to an aromatic ring is 1. The van der Waals surface area contributed by atoms with Gasteiger partial charge in [0.15, 0.2) is 5.69 Å². The summed E-state index contributed by atoms with van der Waals surface area (Å²) in [6.07, 6.45) is 3.74. The Morgan fingerprint density at radius 1 is 1.03 bits per heavy atom. The lowest BCUT2D eigenvalue weighted by atomic mass is 10.1. The Kier molecular flexibility index (Phi) is 6.74. The van der Waals surface area contributed by atoms with Crippen LogP contribution in [0.25, 0.3) is 5.69 Å². The normalized spacial score (nSPS) is 10.9. The maximum atomic E-state index is 13.6. The quantitative estimate of drug-likeness (QED) is 0.419. The molecule has 0 spiro atoms. The number of H-pyrrole nitrogens is 1. The number of carbonyl (C=O) groups is 1. The molecule has 0 saturated heterocycles. The molecule has 9 nitrogen and oxygen atoms in total. The summed E-state index contributed by atoms with van der Waals surface area (Å²) in [5.41, 5.74) is 6.83. The number of carbonyl (C=O) groups excluding carboxylic acids is 1. The first-order chi connectivity index (χ1) is 16.5. The number of hydrogen-bond acceptors (Lipinski definition) is 5. The highest BCUT2D eigenvalue weighted by molar-refractivity contribution is 6.07. The van der Waals surface area contributed by atoms with Gasteiger partial charge in [-0.3, -0.25) is 24.0 Å². The minimum atomic E-state index is -0.738. The summed E-state index contributed by atoms with van der Waals surface area (Å²) < 4.78 is 8.29. The number of rotatable bonds is 8. The van der Waals surface area contributed by atoms with E-state index in [9.17, 15) is 14.4 Å². The lowest BCUT2D eigenvalue weighted by Crippen LogP contribution is -2.42. The SMILES string of the molecule is COCCN(C(=O)c1cccc(-n2cccc2)c1)c1c(N)n(Cc2ccccc2)c(=O)[nH]c1=O. The zero-order valence-corrected chi connectivity index (χ0v) is 18.7. The first-order valence-corrected chi connectivity index (χ1v) is 10.7. The maximum absolute atomic E-state index is 13.6. The molecule has 0 aliphatic carbocycles. The summed E-state index contributed by atoms with van der Waals surface area (Å²) in [5, 5.41) is 0. The van der Waals surface area contributed by atoms with Gasteiger partial charge in [-0.2, -0.15) is 0 Å². The van der Waals surface area contributed by atoms with Crippen molar-refractivity contribution < 1.29 is 9.53 Å². The van der Waals surface area contributed by atoms with E-state index in [2.05, 4.69) is 4.98 Å². The number of nitrogens with zero attached hydrogens (tertiary/aromatic N) is 3. The number of anilines is 2. The first kappa shape index (κ1) is 22.8. The van der Waals surface area contributed by atoms with E-state index < -0.39 is 17.2 Å². The summed E-state index contributed by atoms with van der Waals surface area (Å²) in [6.45, 7) is 0.379. The van der Waals surface area contributed by atoms with Crippen LogP contribution in [0, 0.1) is 0 Å². The average molecular weight is 460 g/mol. The average Bonchev–Trinajstić information content (AvgIpc) is 3.39. The summed E-state index contributed by atoms with van der Waals surface area (Å²) in [4.78, 5) is 42.6. The van der Waals surface area contributed by atoms with Crippen LogP contribution in [-0.4, -0.2) is 40.3 Å². The van der Waals surface area contributed by atoms with E-state index in [-0.39, 0.29) is 31.2 Å². The topological polar surface area (TPSA) is 115 Å². The van der Waals surface area contributed by atoms with Gasteiger partial charge in [0.05, 0.1) is 13.2 Å². The molecular formula is C25H25N5O4. The van der Waals surface area contributed by atoms with Crippen LogP contribution in [0.5, 0.6) is 0 Å². The van der Waals surface area contributed by atoms with Gasteiger partial charge in [0.25, 0.3) is 11.5 Å². The fourth-order valence-electron chi connectivity index (χ4n) is 3.72. The molecule has 2 aromatic heterocycles. The van der Waals surface area contributed by atoms with Crippen molar-refractivity contribution in [1.82, 2.24) is 14.1 Å². The fourth-order valence-corrected chi connectivity index (χ4v) is 3.72. The minimum absolute atomic E-state index is 0.0693. The maximum Gasteiger partial charge on any atom is 0.330 e. The predicted molar refractivity (Wildman–Crippen MR) is 131 cm³/mol. The van der Waals surface area contributed by atoms with Crippen LogP contribution < -0.4 is 21.9 Å². The van der Waals surface area contributed by atoms with Crippen LogP contribution in [0.4, 0.5) is 11.5 Å². The zero-order chi connectivity index (χ0) is 24.1. The molecule has 0 saturated carbocycles. The molecule has 0 aliphatic heterocycles. The number of hydrogen-bond donors (Lipinski definition) is 2. The van der Waals surface area contributed by atoms with Crippen LogP contribution >= 0.6 is 0 Å². The molecule has 9 heteroatoms. The monoisotopic (exact) mass is 459 g/mol. The summed E-state index contributed by atoms with van der Waals surface area (Å²) >= 11 is 0. The molecule has 3 N–H and O–H groups in total. The Hall–Kier alpha value is -4.37. The molecule has 4 aromatic rings.